The zero-order valence-electron chi connectivity index (χ0n) is 8.58. The Balaban J connectivity index is 1.96. The Kier molecular flexibility index (Phi) is 2.03. The van der Waals surface area contributed by atoms with Gasteiger partial charge in [0.2, 0.25) is 0 Å². The molecule has 1 saturated carbocycles. The minimum atomic E-state index is -1.20. The van der Waals surface area contributed by atoms with Gasteiger partial charge < -0.3 is 5.11 Å². The standard InChI is InChI=1S/C10H8ClN3O3/c11-8-3-5(1-2-12-8)13-6-4-7(6)14(9(13)15)10(16)17/h1-3,6-7H,4H2,(H,16,17). The summed E-state index contributed by atoms with van der Waals surface area (Å²) in [4.78, 5) is 29.0. The first-order valence-electron chi connectivity index (χ1n) is 5.06. The number of hydrogen-bond donors (Lipinski definition) is 1. The number of aromatic nitrogens is 1. The number of halogens is 1. The van der Waals surface area contributed by atoms with Gasteiger partial charge in [-0.2, -0.15) is 0 Å². The summed E-state index contributed by atoms with van der Waals surface area (Å²) in [6, 6.07) is 2.41. The van der Waals surface area contributed by atoms with E-state index in [2.05, 4.69) is 4.98 Å². The van der Waals surface area contributed by atoms with Gasteiger partial charge in [-0.3, -0.25) is 4.90 Å². The number of fused-ring (bicyclic) bond motifs is 1. The van der Waals surface area contributed by atoms with Crippen molar-refractivity contribution in [1.29, 1.82) is 0 Å². The lowest BCUT2D eigenvalue weighted by Gasteiger charge is -2.20. The van der Waals surface area contributed by atoms with Crippen molar-refractivity contribution in [2.45, 2.75) is 18.5 Å². The Labute approximate surface area is 101 Å². The highest BCUT2D eigenvalue weighted by Gasteiger charge is 2.60. The molecule has 3 rings (SSSR count). The van der Waals surface area contributed by atoms with E-state index in [4.69, 9.17) is 16.7 Å². The molecule has 17 heavy (non-hydrogen) atoms. The third-order valence-electron chi connectivity index (χ3n) is 2.99. The van der Waals surface area contributed by atoms with Gasteiger partial charge in [-0.1, -0.05) is 11.6 Å². The third-order valence-corrected chi connectivity index (χ3v) is 3.20. The minimum Gasteiger partial charge on any atom is -0.465 e. The zero-order chi connectivity index (χ0) is 12.2. The highest BCUT2D eigenvalue weighted by Crippen LogP contribution is 2.43. The fraction of sp³-hybridized carbons (Fsp3) is 0.300. The number of rotatable bonds is 1. The summed E-state index contributed by atoms with van der Waals surface area (Å²) >= 11 is 5.75. The second kappa shape index (κ2) is 3.33. The van der Waals surface area contributed by atoms with Crippen LogP contribution in [0.25, 0.3) is 0 Å². The van der Waals surface area contributed by atoms with Gasteiger partial charge in [0, 0.05) is 6.20 Å². The smallest absolute Gasteiger partial charge is 0.415 e. The Bertz CT molecular complexity index is 521. The Morgan fingerprint density at radius 3 is 2.88 bits per heavy atom. The maximum Gasteiger partial charge on any atom is 0.415 e. The zero-order valence-corrected chi connectivity index (χ0v) is 9.33. The summed E-state index contributed by atoms with van der Waals surface area (Å²) in [5, 5.41) is 9.22. The number of pyridine rings is 1. The van der Waals surface area contributed by atoms with Crippen LogP contribution >= 0.6 is 11.6 Å². The van der Waals surface area contributed by atoms with Gasteiger partial charge in [0.05, 0.1) is 17.8 Å². The van der Waals surface area contributed by atoms with Gasteiger partial charge in [0.25, 0.3) is 0 Å². The fourth-order valence-electron chi connectivity index (χ4n) is 2.19. The van der Waals surface area contributed by atoms with E-state index in [1.165, 1.54) is 11.1 Å². The van der Waals surface area contributed by atoms with Crippen molar-refractivity contribution in [2.75, 3.05) is 4.90 Å². The molecule has 7 heteroatoms. The number of amides is 3. The number of hydrogen-bond acceptors (Lipinski definition) is 3. The SMILES string of the molecule is O=C(O)N1C(=O)N(c2ccnc(Cl)c2)C2CC21. The first kappa shape index (κ1) is 10.3. The number of imide groups is 1. The predicted molar refractivity (Wildman–Crippen MR) is 59.2 cm³/mol. The lowest BCUT2D eigenvalue weighted by atomic mass is 10.3. The molecular weight excluding hydrogens is 246 g/mol. The van der Waals surface area contributed by atoms with Crippen molar-refractivity contribution in [3.05, 3.63) is 23.5 Å². The lowest BCUT2D eigenvalue weighted by molar-refractivity contribution is 0.153. The molecule has 0 spiro atoms. The van der Waals surface area contributed by atoms with E-state index < -0.39 is 12.1 Å². The van der Waals surface area contributed by atoms with Crippen molar-refractivity contribution in [3.63, 3.8) is 0 Å². The molecule has 2 atom stereocenters. The number of urea groups is 1. The monoisotopic (exact) mass is 253 g/mol. The Morgan fingerprint density at radius 2 is 2.29 bits per heavy atom. The van der Waals surface area contributed by atoms with E-state index in [-0.39, 0.29) is 17.2 Å². The summed E-state index contributed by atoms with van der Waals surface area (Å²) in [5.41, 5.74) is 0.589. The molecule has 88 valence electrons. The molecule has 0 bridgehead atoms. The number of carboxylic acid groups (broad SMARTS) is 1. The van der Waals surface area contributed by atoms with E-state index in [9.17, 15) is 9.59 Å². The molecule has 2 unspecified atom stereocenters. The molecule has 1 N–H and O–H groups in total. The normalized spacial score (nSPS) is 26.1. The summed E-state index contributed by atoms with van der Waals surface area (Å²) in [5.74, 6) is 0. The van der Waals surface area contributed by atoms with E-state index in [1.54, 1.807) is 12.1 Å². The highest BCUT2D eigenvalue weighted by molar-refractivity contribution is 6.29. The van der Waals surface area contributed by atoms with Crippen molar-refractivity contribution in [1.82, 2.24) is 9.88 Å². The van der Waals surface area contributed by atoms with E-state index in [0.29, 0.717) is 12.1 Å². The average Bonchev–Trinajstić information content (AvgIpc) is 2.92. The quantitative estimate of drug-likeness (QED) is 0.775. The molecule has 2 aliphatic rings. The first-order valence-corrected chi connectivity index (χ1v) is 5.44. The fourth-order valence-corrected chi connectivity index (χ4v) is 2.36. The Hall–Kier alpha value is -1.82. The van der Waals surface area contributed by atoms with Crippen LogP contribution in [0.4, 0.5) is 15.3 Å². The van der Waals surface area contributed by atoms with E-state index in [0.717, 1.165) is 4.90 Å². The summed E-state index contributed by atoms with van der Waals surface area (Å²) in [7, 11) is 0. The van der Waals surface area contributed by atoms with Crippen LogP contribution in [0, 0.1) is 0 Å². The van der Waals surface area contributed by atoms with Gasteiger partial charge in [0.15, 0.2) is 0 Å². The van der Waals surface area contributed by atoms with Crippen LogP contribution in [0.1, 0.15) is 6.42 Å². The summed E-state index contributed by atoms with van der Waals surface area (Å²) in [6.07, 6.45) is 0.967. The van der Waals surface area contributed by atoms with Crippen LogP contribution in [0.15, 0.2) is 18.3 Å². The largest absolute Gasteiger partial charge is 0.465 e. The molecule has 1 aromatic rings. The molecule has 1 saturated heterocycles. The topological polar surface area (TPSA) is 73.7 Å². The van der Waals surface area contributed by atoms with Crippen molar-refractivity contribution in [2.24, 2.45) is 0 Å². The van der Waals surface area contributed by atoms with E-state index in [1.807, 2.05) is 0 Å². The van der Waals surface area contributed by atoms with Crippen molar-refractivity contribution in [3.8, 4) is 0 Å². The molecule has 1 aliphatic heterocycles. The van der Waals surface area contributed by atoms with Crippen LogP contribution in [-0.4, -0.2) is 39.2 Å². The van der Waals surface area contributed by atoms with Crippen molar-refractivity contribution < 1.29 is 14.7 Å². The number of carbonyl (C=O) groups excluding carboxylic acids is 1. The third kappa shape index (κ3) is 1.44. The molecular formula is C10H8ClN3O3. The van der Waals surface area contributed by atoms with E-state index >= 15 is 0 Å². The van der Waals surface area contributed by atoms with Crippen molar-refractivity contribution >= 4 is 29.4 Å². The molecule has 2 heterocycles. The predicted octanol–water partition coefficient (Wildman–Crippen LogP) is 1.80. The summed E-state index contributed by atoms with van der Waals surface area (Å²) < 4.78 is 0. The van der Waals surface area contributed by atoms with Gasteiger partial charge in [-0.15, -0.1) is 0 Å². The lowest BCUT2D eigenvalue weighted by Crippen LogP contribution is -2.39. The molecule has 0 aromatic carbocycles. The number of carbonyl (C=O) groups is 2. The molecule has 1 aromatic heterocycles. The van der Waals surface area contributed by atoms with Crippen LogP contribution in [0.3, 0.4) is 0 Å². The average molecular weight is 254 g/mol. The maximum atomic E-state index is 11.9. The highest BCUT2D eigenvalue weighted by atomic mass is 35.5. The molecule has 6 nitrogen and oxygen atoms in total. The summed E-state index contributed by atoms with van der Waals surface area (Å²) in [6.45, 7) is 0. The Morgan fingerprint density at radius 1 is 1.53 bits per heavy atom. The van der Waals surface area contributed by atoms with Gasteiger partial charge in [0.1, 0.15) is 5.15 Å². The van der Waals surface area contributed by atoms with Crippen LogP contribution in [-0.2, 0) is 0 Å². The van der Waals surface area contributed by atoms with Gasteiger partial charge in [-0.05, 0) is 18.6 Å². The number of nitrogens with zero attached hydrogens (tertiary/aromatic N) is 3. The number of anilines is 1. The van der Waals surface area contributed by atoms with Gasteiger partial charge in [-0.25, -0.2) is 19.5 Å². The molecule has 0 radical (unpaired) electrons. The second-order valence-corrected chi connectivity index (χ2v) is 4.40. The molecule has 3 amide bonds. The molecule has 1 aliphatic carbocycles. The minimum absolute atomic E-state index is 0.0583. The van der Waals surface area contributed by atoms with Crippen LogP contribution in [0.2, 0.25) is 5.15 Å². The first-order chi connectivity index (χ1) is 8.09. The maximum absolute atomic E-state index is 11.9. The van der Waals surface area contributed by atoms with Gasteiger partial charge >= 0.3 is 12.1 Å². The van der Waals surface area contributed by atoms with Crippen LogP contribution in [0.5, 0.6) is 0 Å². The second-order valence-electron chi connectivity index (χ2n) is 4.01. The molecule has 2 fully saturated rings. The van der Waals surface area contributed by atoms with Crippen LogP contribution < -0.4 is 4.90 Å².